The molecule has 0 unspecified atom stereocenters. The summed E-state index contributed by atoms with van der Waals surface area (Å²) in [6.45, 7) is 2.27. The molecule has 34 heavy (non-hydrogen) atoms. The number of anilines is 1. The first kappa shape index (κ1) is 22.2. The van der Waals surface area contributed by atoms with Crippen molar-refractivity contribution in [2.45, 2.75) is 38.0 Å². The summed E-state index contributed by atoms with van der Waals surface area (Å²) >= 11 is 0. The van der Waals surface area contributed by atoms with E-state index in [0.717, 1.165) is 25.1 Å². The highest BCUT2D eigenvalue weighted by Gasteiger charge is 2.47. The van der Waals surface area contributed by atoms with E-state index in [1.807, 2.05) is 0 Å². The fourth-order valence-corrected chi connectivity index (χ4v) is 4.89. The van der Waals surface area contributed by atoms with E-state index in [1.54, 1.807) is 24.0 Å². The number of alkyl halides is 3. The number of aryl methyl sites for hydroxylation is 1. The van der Waals surface area contributed by atoms with Gasteiger partial charge in [0.1, 0.15) is 23.0 Å². The molecule has 1 aliphatic carbocycles. The third kappa shape index (κ3) is 4.08. The summed E-state index contributed by atoms with van der Waals surface area (Å²) in [6, 6.07) is 6.55. The number of likely N-dealkylation sites (tertiary alicyclic amines) is 1. The van der Waals surface area contributed by atoms with Gasteiger partial charge < -0.3 is 10.2 Å². The van der Waals surface area contributed by atoms with Gasteiger partial charge in [0.15, 0.2) is 0 Å². The maximum atomic E-state index is 14.6. The van der Waals surface area contributed by atoms with Crippen molar-refractivity contribution >= 4 is 11.7 Å². The van der Waals surface area contributed by atoms with Gasteiger partial charge in [-0.1, -0.05) is 0 Å². The van der Waals surface area contributed by atoms with Crippen LogP contribution in [0.1, 0.15) is 34.5 Å². The molecule has 1 aliphatic heterocycles. The summed E-state index contributed by atoms with van der Waals surface area (Å²) in [5.74, 6) is -0.278. The number of nitrogens with one attached hydrogen (secondary N) is 1. The molecule has 1 saturated heterocycles. The van der Waals surface area contributed by atoms with Crippen molar-refractivity contribution in [2.24, 2.45) is 5.92 Å². The summed E-state index contributed by atoms with van der Waals surface area (Å²) in [6.07, 6.45) is 0.909. The highest BCUT2D eigenvalue weighted by atomic mass is 19.4. The van der Waals surface area contributed by atoms with Gasteiger partial charge >= 0.3 is 6.18 Å². The van der Waals surface area contributed by atoms with E-state index in [9.17, 15) is 22.4 Å². The van der Waals surface area contributed by atoms with Gasteiger partial charge in [-0.05, 0) is 61.6 Å². The molecular formula is C24H21F4N5O. The topological polar surface area (TPSA) is 71.0 Å². The van der Waals surface area contributed by atoms with E-state index in [1.165, 1.54) is 24.5 Å². The zero-order valence-electron chi connectivity index (χ0n) is 18.2. The van der Waals surface area contributed by atoms with Crippen molar-refractivity contribution in [2.75, 3.05) is 11.9 Å². The molecule has 0 radical (unpaired) electrons. The Hall–Kier alpha value is -3.56. The monoisotopic (exact) mass is 471 g/mol. The van der Waals surface area contributed by atoms with Crippen LogP contribution in [0.3, 0.4) is 0 Å². The summed E-state index contributed by atoms with van der Waals surface area (Å²) in [7, 11) is 0. The van der Waals surface area contributed by atoms with Gasteiger partial charge in [-0.3, -0.25) is 14.8 Å². The Balaban J connectivity index is 1.37. The zero-order valence-corrected chi connectivity index (χ0v) is 18.2. The first-order valence-electron chi connectivity index (χ1n) is 10.9. The van der Waals surface area contributed by atoms with Crippen molar-refractivity contribution in [3.63, 3.8) is 0 Å². The standard InChI is InChI=1S/C24H21F4N5O/c1-13-7-17(25)21(31-10-13)16-3-2-6-29-22(16)23(34)33-12-14-8-18(19(33)9-14)32-20-5-4-15(11-30-20)24(26,27)28/h2-7,10-11,14,18-19H,8-9,12H2,1H3,(H,30,32)/t14-,18+,19-/m0/s1. The predicted octanol–water partition coefficient (Wildman–Crippen LogP) is 4.72. The molecule has 6 nitrogen and oxygen atoms in total. The minimum absolute atomic E-state index is 0.0648. The first-order valence-corrected chi connectivity index (χ1v) is 10.9. The molecular weight excluding hydrogens is 450 g/mol. The second-order valence-corrected chi connectivity index (χ2v) is 8.79. The number of fused-ring (bicyclic) bond motifs is 2. The highest BCUT2D eigenvalue weighted by Crippen LogP contribution is 2.40. The van der Waals surface area contributed by atoms with E-state index in [4.69, 9.17) is 0 Å². The van der Waals surface area contributed by atoms with E-state index < -0.39 is 17.6 Å². The summed E-state index contributed by atoms with van der Waals surface area (Å²) in [4.78, 5) is 27.5. The minimum Gasteiger partial charge on any atom is -0.365 e. The van der Waals surface area contributed by atoms with Gasteiger partial charge in [-0.2, -0.15) is 13.2 Å². The van der Waals surface area contributed by atoms with Crippen molar-refractivity contribution in [1.82, 2.24) is 19.9 Å². The molecule has 10 heteroatoms. The van der Waals surface area contributed by atoms with Crippen LogP contribution >= 0.6 is 0 Å². The summed E-state index contributed by atoms with van der Waals surface area (Å²) in [5, 5.41) is 3.18. The number of carbonyl (C=O) groups is 1. The number of halogens is 4. The van der Waals surface area contributed by atoms with Crippen LogP contribution in [-0.2, 0) is 6.18 Å². The molecule has 3 aromatic rings. The van der Waals surface area contributed by atoms with E-state index in [2.05, 4.69) is 20.3 Å². The summed E-state index contributed by atoms with van der Waals surface area (Å²) in [5.41, 5.74) is 0.358. The van der Waals surface area contributed by atoms with Crippen molar-refractivity contribution < 1.29 is 22.4 Å². The number of carbonyl (C=O) groups excluding carboxylic acids is 1. The average Bonchev–Trinajstić information content (AvgIpc) is 3.39. The molecule has 1 N–H and O–H groups in total. The van der Waals surface area contributed by atoms with E-state index in [-0.39, 0.29) is 35.3 Å². The molecule has 2 fully saturated rings. The number of piperidine rings is 1. The molecule has 0 spiro atoms. The smallest absolute Gasteiger partial charge is 0.365 e. The number of hydrogen-bond donors (Lipinski definition) is 1. The van der Waals surface area contributed by atoms with Gasteiger partial charge in [-0.15, -0.1) is 0 Å². The molecule has 1 amide bonds. The zero-order chi connectivity index (χ0) is 24.0. The Labute approximate surface area is 193 Å². The maximum Gasteiger partial charge on any atom is 0.417 e. The molecule has 5 rings (SSSR count). The third-order valence-electron chi connectivity index (χ3n) is 6.41. The Bertz CT molecular complexity index is 1230. The lowest BCUT2D eigenvalue weighted by Gasteiger charge is -2.34. The van der Waals surface area contributed by atoms with Crippen LogP contribution in [0, 0.1) is 18.7 Å². The van der Waals surface area contributed by atoms with Crippen molar-refractivity contribution in [1.29, 1.82) is 0 Å². The normalized spacial score (nSPS) is 21.7. The molecule has 0 aromatic carbocycles. The van der Waals surface area contributed by atoms with Gasteiger partial charge in [0.05, 0.1) is 11.6 Å². The van der Waals surface area contributed by atoms with Crippen LogP contribution in [-0.4, -0.2) is 44.4 Å². The van der Waals surface area contributed by atoms with Crippen LogP contribution in [0.15, 0.2) is 48.9 Å². The molecule has 3 atom stereocenters. The predicted molar refractivity (Wildman–Crippen MR) is 116 cm³/mol. The SMILES string of the molecule is Cc1cnc(-c2cccnc2C(=O)N2C[C@H]3C[C@@H](Nc4ccc(C(F)(F)F)cn4)[C@@H]2C3)c(F)c1. The summed E-state index contributed by atoms with van der Waals surface area (Å²) < 4.78 is 53.0. The first-order chi connectivity index (χ1) is 16.2. The van der Waals surface area contributed by atoms with Gasteiger partial charge in [0.25, 0.3) is 5.91 Å². The molecule has 3 aromatic heterocycles. The Kier molecular flexibility index (Phi) is 5.45. The second kappa shape index (κ2) is 8.34. The number of aromatic nitrogens is 3. The van der Waals surface area contributed by atoms with Crippen molar-refractivity contribution in [3.8, 4) is 11.3 Å². The molecule has 176 valence electrons. The Morgan fingerprint density at radius 2 is 1.94 bits per heavy atom. The van der Waals surface area contributed by atoms with Crippen LogP contribution < -0.4 is 5.32 Å². The van der Waals surface area contributed by atoms with Gasteiger partial charge in [0, 0.05) is 36.7 Å². The van der Waals surface area contributed by atoms with Gasteiger partial charge in [-0.25, -0.2) is 9.37 Å². The Morgan fingerprint density at radius 1 is 1.12 bits per heavy atom. The maximum absolute atomic E-state index is 14.6. The lowest BCUT2D eigenvalue weighted by Crippen LogP contribution is -2.48. The van der Waals surface area contributed by atoms with Crippen LogP contribution in [0.2, 0.25) is 0 Å². The third-order valence-corrected chi connectivity index (χ3v) is 6.41. The largest absolute Gasteiger partial charge is 0.417 e. The average molecular weight is 471 g/mol. The second-order valence-electron chi connectivity index (χ2n) is 8.79. The highest BCUT2D eigenvalue weighted by molar-refractivity contribution is 5.99. The molecule has 4 heterocycles. The van der Waals surface area contributed by atoms with E-state index >= 15 is 0 Å². The Morgan fingerprint density at radius 3 is 2.62 bits per heavy atom. The van der Waals surface area contributed by atoms with Crippen LogP contribution in [0.4, 0.5) is 23.4 Å². The molecule has 1 saturated carbocycles. The molecule has 2 aliphatic rings. The number of rotatable bonds is 4. The minimum atomic E-state index is -4.45. The molecule has 2 bridgehead atoms. The number of pyridine rings is 3. The van der Waals surface area contributed by atoms with Gasteiger partial charge in [0.2, 0.25) is 0 Å². The van der Waals surface area contributed by atoms with Crippen LogP contribution in [0.25, 0.3) is 11.3 Å². The lowest BCUT2D eigenvalue weighted by atomic mass is 10.0. The fraction of sp³-hybridized carbons (Fsp3) is 0.333. The fourth-order valence-electron chi connectivity index (χ4n) is 4.89. The number of hydrogen-bond acceptors (Lipinski definition) is 5. The van der Waals surface area contributed by atoms with Crippen LogP contribution in [0.5, 0.6) is 0 Å². The van der Waals surface area contributed by atoms with Crippen molar-refractivity contribution in [3.05, 3.63) is 71.6 Å². The van der Waals surface area contributed by atoms with E-state index in [0.29, 0.717) is 23.5 Å². The lowest BCUT2D eigenvalue weighted by molar-refractivity contribution is -0.137. The number of nitrogens with zero attached hydrogens (tertiary/aromatic N) is 4. The number of amides is 1. The quantitative estimate of drug-likeness (QED) is 0.558.